The number of benzene rings is 2. The summed E-state index contributed by atoms with van der Waals surface area (Å²) in [5.41, 5.74) is 6.63. The molecule has 128 valence electrons. The number of nitrogens with zero attached hydrogens (tertiary/aromatic N) is 4. The van der Waals surface area contributed by atoms with E-state index in [9.17, 15) is 4.79 Å². The van der Waals surface area contributed by atoms with Gasteiger partial charge in [0.15, 0.2) is 5.82 Å². The van der Waals surface area contributed by atoms with Gasteiger partial charge in [-0.2, -0.15) is 9.67 Å². The zero-order chi connectivity index (χ0) is 18.0. The molecule has 0 aliphatic rings. The van der Waals surface area contributed by atoms with Crippen LogP contribution in [-0.2, 0) is 6.42 Å². The summed E-state index contributed by atoms with van der Waals surface area (Å²) in [5, 5.41) is 5.03. The first kappa shape index (κ1) is 17.3. The molecule has 1 aromatic heterocycles. The molecule has 0 fully saturated rings. The highest BCUT2D eigenvalue weighted by atomic mass is 35.5. The third-order valence-electron chi connectivity index (χ3n) is 3.53. The molecular formula is C17H15Cl2N5O. The SMILES string of the molecule is CCc1nc(N(C(N)=O)c2c(Cl)cccc2Cl)n(-c2ccccc2)n1. The fourth-order valence-electron chi connectivity index (χ4n) is 2.39. The van der Waals surface area contributed by atoms with Crippen LogP contribution in [-0.4, -0.2) is 20.8 Å². The molecule has 3 aromatic rings. The van der Waals surface area contributed by atoms with Gasteiger partial charge in [0.25, 0.3) is 0 Å². The van der Waals surface area contributed by atoms with Gasteiger partial charge in [0, 0.05) is 6.42 Å². The largest absolute Gasteiger partial charge is 0.351 e. The Kier molecular flexibility index (Phi) is 4.92. The molecule has 3 rings (SSSR count). The molecule has 0 saturated carbocycles. The molecule has 0 aliphatic heterocycles. The molecule has 2 aromatic carbocycles. The number of urea groups is 1. The first-order valence-electron chi connectivity index (χ1n) is 7.57. The van der Waals surface area contributed by atoms with E-state index in [0.717, 1.165) is 5.69 Å². The number of anilines is 2. The zero-order valence-electron chi connectivity index (χ0n) is 13.4. The van der Waals surface area contributed by atoms with E-state index in [0.29, 0.717) is 12.2 Å². The molecule has 0 atom stereocenters. The highest BCUT2D eigenvalue weighted by Gasteiger charge is 2.27. The number of nitrogens with two attached hydrogens (primary N) is 1. The smallest absolute Gasteiger partial charge is 0.326 e. The maximum absolute atomic E-state index is 12.2. The Balaban J connectivity index is 2.25. The van der Waals surface area contributed by atoms with Crippen LogP contribution in [0.15, 0.2) is 48.5 Å². The third-order valence-corrected chi connectivity index (χ3v) is 4.14. The zero-order valence-corrected chi connectivity index (χ0v) is 14.9. The van der Waals surface area contributed by atoms with Crippen LogP contribution in [0.4, 0.5) is 16.4 Å². The Hall–Kier alpha value is -2.57. The van der Waals surface area contributed by atoms with Gasteiger partial charge in [-0.25, -0.2) is 9.69 Å². The Morgan fingerprint density at radius 1 is 1.12 bits per heavy atom. The van der Waals surface area contributed by atoms with Crippen LogP contribution in [0, 0.1) is 0 Å². The molecule has 0 saturated heterocycles. The number of aryl methyl sites for hydroxylation is 1. The van der Waals surface area contributed by atoms with Crippen molar-refractivity contribution >= 4 is 40.9 Å². The minimum Gasteiger partial charge on any atom is -0.351 e. The lowest BCUT2D eigenvalue weighted by Crippen LogP contribution is -2.34. The summed E-state index contributed by atoms with van der Waals surface area (Å²) >= 11 is 12.5. The number of rotatable bonds is 4. The van der Waals surface area contributed by atoms with Crippen molar-refractivity contribution in [3.63, 3.8) is 0 Å². The standard InChI is InChI=1S/C17H15Cl2N5O/c1-2-14-21-17(24(22-14)11-7-4-3-5-8-11)23(16(20)25)15-12(18)9-6-10-13(15)19/h3-10H,2H2,1H3,(H2,20,25). The number of halogens is 2. The number of hydrogen-bond donors (Lipinski definition) is 1. The van der Waals surface area contributed by atoms with Gasteiger partial charge in [-0.1, -0.05) is 54.4 Å². The molecular weight excluding hydrogens is 361 g/mol. The van der Waals surface area contributed by atoms with Crippen molar-refractivity contribution in [3.8, 4) is 5.69 Å². The topological polar surface area (TPSA) is 77.0 Å². The van der Waals surface area contributed by atoms with E-state index < -0.39 is 6.03 Å². The van der Waals surface area contributed by atoms with Crippen molar-refractivity contribution in [1.29, 1.82) is 0 Å². The molecule has 0 bridgehead atoms. The molecule has 0 aliphatic carbocycles. The van der Waals surface area contributed by atoms with Gasteiger partial charge in [0.1, 0.15) is 0 Å². The van der Waals surface area contributed by atoms with Gasteiger partial charge in [-0.05, 0) is 24.3 Å². The predicted molar refractivity (Wildman–Crippen MR) is 98.9 cm³/mol. The summed E-state index contributed by atoms with van der Waals surface area (Å²) in [6.07, 6.45) is 0.593. The van der Waals surface area contributed by atoms with Gasteiger partial charge >= 0.3 is 6.03 Å². The number of aromatic nitrogens is 3. The van der Waals surface area contributed by atoms with E-state index >= 15 is 0 Å². The van der Waals surface area contributed by atoms with E-state index in [-0.39, 0.29) is 21.7 Å². The molecule has 2 N–H and O–H groups in total. The van der Waals surface area contributed by atoms with Crippen LogP contribution >= 0.6 is 23.2 Å². The Morgan fingerprint density at radius 3 is 2.32 bits per heavy atom. The highest BCUT2D eigenvalue weighted by Crippen LogP contribution is 2.37. The second-order valence-corrected chi connectivity index (χ2v) is 5.99. The fourth-order valence-corrected chi connectivity index (χ4v) is 2.96. The van der Waals surface area contributed by atoms with E-state index in [1.54, 1.807) is 22.9 Å². The quantitative estimate of drug-likeness (QED) is 0.735. The first-order chi connectivity index (χ1) is 12.0. The lowest BCUT2D eigenvalue weighted by Gasteiger charge is -2.22. The minimum absolute atomic E-state index is 0.227. The summed E-state index contributed by atoms with van der Waals surface area (Å²) in [6, 6.07) is 13.5. The number of carbonyl (C=O) groups is 1. The summed E-state index contributed by atoms with van der Waals surface area (Å²) in [6.45, 7) is 1.92. The van der Waals surface area contributed by atoms with Crippen molar-refractivity contribution in [1.82, 2.24) is 14.8 Å². The maximum atomic E-state index is 12.2. The Morgan fingerprint density at radius 2 is 1.76 bits per heavy atom. The van der Waals surface area contributed by atoms with Crippen LogP contribution in [0.25, 0.3) is 5.69 Å². The molecule has 8 heteroatoms. The van der Waals surface area contributed by atoms with Crippen LogP contribution in [0.1, 0.15) is 12.7 Å². The number of para-hydroxylation sites is 2. The minimum atomic E-state index is -0.762. The van der Waals surface area contributed by atoms with Crippen LogP contribution in [0.2, 0.25) is 10.0 Å². The van der Waals surface area contributed by atoms with E-state index in [1.165, 1.54) is 4.90 Å². The van der Waals surface area contributed by atoms with Gasteiger partial charge in [0.2, 0.25) is 5.95 Å². The van der Waals surface area contributed by atoms with Crippen LogP contribution in [0.5, 0.6) is 0 Å². The second-order valence-electron chi connectivity index (χ2n) is 5.17. The molecule has 0 unspecified atom stereocenters. The molecule has 6 nitrogen and oxygen atoms in total. The molecule has 0 spiro atoms. The highest BCUT2D eigenvalue weighted by molar-refractivity contribution is 6.40. The average molecular weight is 376 g/mol. The van der Waals surface area contributed by atoms with Crippen LogP contribution in [0.3, 0.4) is 0 Å². The monoisotopic (exact) mass is 375 g/mol. The van der Waals surface area contributed by atoms with Crippen molar-refractivity contribution in [3.05, 3.63) is 64.4 Å². The fraction of sp³-hybridized carbons (Fsp3) is 0.118. The molecule has 0 radical (unpaired) electrons. The Bertz CT molecular complexity index is 890. The van der Waals surface area contributed by atoms with E-state index in [1.807, 2.05) is 37.3 Å². The maximum Gasteiger partial charge on any atom is 0.326 e. The van der Waals surface area contributed by atoms with Crippen molar-refractivity contribution < 1.29 is 4.79 Å². The first-order valence-corrected chi connectivity index (χ1v) is 8.33. The normalized spacial score (nSPS) is 10.7. The van der Waals surface area contributed by atoms with Gasteiger partial charge in [-0.15, -0.1) is 5.10 Å². The van der Waals surface area contributed by atoms with E-state index in [2.05, 4.69) is 10.1 Å². The summed E-state index contributed by atoms with van der Waals surface area (Å²) < 4.78 is 1.54. The molecule has 25 heavy (non-hydrogen) atoms. The number of amides is 2. The molecule has 1 heterocycles. The van der Waals surface area contributed by atoms with E-state index in [4.69, 9.17) is 28.9 Å². The Labute approximate surface area is 154 Å². The molecule has 2 amide bonds. The van der Waals surface area contributed by atoms with Crippen molar-refractivity contribution in [2.75, 3.05) is 4.90 Å². The van der Waals surface area contributed by atoms with Gasteiger partial charge < -0.3 is 5.73 Å². The van der Waals surface area contributed by atoms with Crippen molar-refractivity contribution in [2.45, 2.75) is 13.3 Å². The average Bonchev–Trinajstić information content (AvgIpc) is 3.02. The third kappa shape index (κ3) is 3.31. The van der Waals surface area contributed by atoms with Crippen LogP contribution < -0.4 is 10.6 Å². The number of carbonyl (C=O) groups excluding carboxylic acids is 1. The van der Waals surface area contributed by atoms with Crippen molar-refractivity contribution in [2.24, 2.45) is 5.73 Å². The second kappa shape index (κ2) is 7.13. The van der Waals surface area contributed by atoms with Gasteiger partial charge in [-0.3, -0.25) is 0 Å². The number of primary amides is 1. The van der Waals surface area contributed by atoms with Gasteiger partial charge in [0.05, 0.1) is 21.4 Å². The number of hydrogen-bond acceptors (Lipinski definition) is 3. The lowest BCUT2D eigenvalue weighted by atomic mass is 10.3. The summed E-state index contributed by atoms with van der Waals surface area (Å²) in [4.78, 5) is 17.9. The lowest BCUT2D eigenvalue weighted by molar-refractivity contribution is 0.255. The predicted octanol–water partition coefficient (Wildman–Crippen LogP) is 4.35. The summed E-state index contributed by atoms with van der Waals surface area (Å²) in [7, 11) is 0. The summed E-state index contributed by atoms with van der Waals surface area (Å²) in [5.74, 6) is 0.791.